The standard InChI is InChI=1S/C6H5F7O2/c7-3(5(8,9)10)4(6(11,12)13)14-1-2-15-4/h3H,1-2H2. The molecule has 0 amide bonds. The van der Waals surface area contributed by atoms with E-state index in [9.17, 15) is 30.7 Å². The predicted octanol–water partition coefficient (Wildman–Crippen LogP) is 2.19. The van der Waals surface area contributed by atoms with Crippen LogP contribution in [0.5, 0.6) is 0 Å². The fourth-order valence-corrected chi connectivity index (χ4v) is 1.10. The van der Waals surface area contributed by atoms with E-state index >= 15 is 0 Å². The van der Waals surface area contributed by atoms with Crippen molar-refractivity contribution in [1.29, 1.82) is 0 Å². The van der Waals surface area contributed by atoms with E-state index in [4.69, 9.17) is 0 Å². The number of rotatable bonds is 1. The van der Waals surface area contributed by atoms with Crippen LogP contribution in [0.3, 0.4) is 0 Å². The molecule has 0 aliphatic carbocycles. The molecule has 90 valence electrons. The van der Waals surface area contributed by atoms with E-state index in [-0.39, 0.29) is 0 Å². The Hall–Kier alpha value is -0.570. The lowest BCUT2D eigenvalue weighted by Gasteiger charge is -2.32. The van der Waals surface area contributed by atoms with Crippen molar-refractivity contribution in [3.05, 3.63) is 0 Å². The summed E-state index contributed by atoms with van der Waals surface area (Å²) in [4.78, 5) is 0. The van der Waals surface area contributed by atoms with Crippen LogP contribution in [0.15, 0.2) is 0 Å². The number of ether oxygens (including phenoxy) is 2. The van der Waals surface area contributed by atoms with Crippen LogP contribution in [0.1, 0.15) is 0 Å². The van der Waals surface area contributed by atoms with Crippen molar-refractivity contribution >= 4 is 0 Å². The first-order chi connectivity index (χ1) is 6.61. The highest BCUT2D eigenvalue weighted by molar-refractivity contribution is 4.93. The Morgan fingerprint density at radius 3 is 1.60 bits per heavy atom. The maximum Gasteiger partial charge on any atom is 0.446 e. The van der Waals surface area contributed by atoms with Crippen LogP contribution in [0.25, 0.3) is 0 Å². The summed E-state index contributed by atoms with van der Waals surface area (Å²) in [5, 5.41) is 0. The third-order valence-corrected chi connectivity index (χ3v) is 1.73. The molecule has 1 saturated heterocycles. The molecule has 0 aromatic heterocycles. The molecule has 0 aromatic carbocycles. The second-order valence-electron chi connectivity index (χ2n) is 2.77. The van der Waals surface area contributed by atoms with E-state index in [0.29, 0.717) is 0 Å². The molecular weight excluding hydrogens is 237 g/mol. The van der Waals surface area contributed by atoms with E-state index in [1.54, 1.807) is 0 Å². The van der Waals surface area contributed by atoms with E-state index in [1.807, 2.05) is 0 Å². The molecule has 1 unspecified atom stereocenters. The molecule has 1 aliphatic rings. The monoisotopic (exact) mass is 242 g/mol. The van der Waals surface area contributed by atoms with Gasteiger partial charge in [0.05, 0.1) is 13.2 Å². The third kappa shape index (κ3) is 2.03. The van der Waals surface area contributed by atoms with Crippen LogP contribution in [0.4, 0.5) is 30.7 Å². The number of hydrogen-bond acceptors (Lipinski definition) is 2. The second-order valence-corrected chi connectivity index (χ2v) is 2.77. The first-order valence-electron chi connectivity index (χ1n) is 3.67. The lowest BCUT2D eigenvalue weighted by Crippen LogP contribution is -2.58. The molecular formula is C6H5F7O2. The van der Waals surface area contributed by atoms with Crippen molar-refractivity contribution in [2.75, 3.05) is 13.2 Å². The molecule has 0 spiro atoms. The second kappa shape index (κ2) is 3.48. The van der Waals surface area contributed by atoms with Gasteiger partial charge in [-0.3, -0.25) is 0 Å². The molecule has 1 heterocycles. The van der Waals surface area contributed by atoms with Crippen molar-refractivity contribution in [3.63, 3.8) is 0 Å². The summed E-state index contributed by atoms with van der Waals surface area (Å²) in [7, 11) is 0. The average Bonchev–Trinajstić information content (AvgIpc) is 2.48. The summed E-state index contributed by atoms with van der Waals surface area (Å²) in [6, 6.07) is 0. The van der Waals surface area contributed by atoms with E-state index < -0.39 is 37.5 Å². The fourth-order valence-electron chi connectivity index (χ4n) is 1.10. The van der Waals surface area contributed by atoms with Crippen molar-refractivity contribution in [2.24, 2.45) is 0 Å². The topological polar surface area (TPSA) is 18.5 Å². The summed E-state index contributed by atoms with van der Waals surface area (Å²) in [6.07, 6.45) is -15.5. The molecule has 0 N–H and O–H groups in total. The van der Waals surface area contributed by atoms with Gasteiger partial charge in [0.25, 0.3) is 6.17 Å². The van der Waals surface area contributed by atoms with Crippen molar-refractivity contribution in [2.45, 2.75) is 24.3 Å². The van der Waals surface area contributed by atoms with Gasteiger partial charge in [0.15, 0.2) is 0 Å². The predicted molar refractivity (Wildman–Crippen MR) is 31.6 cm³/mol. The molecule has 15 heavy (non-hydrogen) atoms. The van der Waals surface area contributed by atoms with Crippen LogP contribution in [-0.4, -0.2) is 37.5 Å². The molecule has 1 rings (SSSR count). The fraction of sp³-hybridized carbons (Fsp3) is 1.00. The van der Waals surface area contributed by atoms with Crippen molar-refractivity contribution < 1.29 is 40.2 Å². The lowest BCUT2D eigenvalue weighted by atomic mass is 10.1. The third-order valence-electron chi connectivity index (χ3n) is 1.73. The Morgan fingerprint density at radius 1 is 0.933 bits per heavy atom. The van der Waals surface area contributed by atoms with Gasteiger partial charge < -0.3 is 9.47 Å². The Labute approximate surface area is 78.9 Å². The zero-order valence-electron chi connectivity index (χ0n) is 6.95. The Balaban J connectivity index is 3.02. The Kier molecular flexibility index (Phi) is 2.90. The maximum absolute atomic E-state index is 12.7. The normalized spacial score (nSPS) is 24.2. The zero-order chi connectivity index (χ0) is 11.9. The summed E-state index contributed by atoms with van der Waals surface area (Å²) in [5.74, 6) is -4.22. The molecule has 0 radical (unpaired) electrons. The molecule has 1 aliphatic heterocycles. The van der Waals surface area contributed by atoms with Gasteiger partial charge in [0, 0.05) is 0 Å². The quantitative estimate of drug-likeness (QED) is 0.656. The number of alkyl halides is 7. The highest BCUT2D eigenvalue weighted by Gasteiger charge is 2.72. The van der Waals surface area contributed by atoms with Gasteiger partial charge in [-0.2, -0.15) is 26.3 Å². The highest BCUT2D eigenvalue weighted by Crippen LogP contribution is 2.46. The zero-order valence-corrected chi connectivity index (χ0v) is 6.95. The molecule has 1 atom stereocenters. The van der Waals surface area contributed by atoms with Gasteiger partial charge >= 0.3 is 18.1 Å². The summed E-state index contributed by atoms with van der Waals surface area (Å²) in [5.41, 5.74) is 0. The smallest absolute Gasteiger partial charge is 0.338 e. The van der Waals surface area contributed by atoms with Gasteiger partial charge in [0.1, 0.15) is 0 Å². The van der Waals surface area contributed by atoms with E-state index in [0.717, 1.165) is 0 Å². The van der Waals surface area contributed by atoms with E-state index in [1.165, 1.54) is 0 Å². The molecule has 0 bridgehead atoms. The van der Waals surface area contributed by atoms with Crippen molar-refractivity contribution in [1.82, 2.24) is 0 Å². The van der Waals surface area contributed by atoms with E-state index in [2.05, 4.69) is 9.47 Å². The molecule has 9 heteroatoms. The molecule has 0 aromatic rings. The summed E-state index contributed by atoms with van der Waals surface area (Å²) in [6.45, 7) is -1.48. The Bertz CT molecular complexity index is 227. The highest BCUT2D eigenvalue weighted by atomic mass is 19.4. The van der Waals surface area contributed by atoms with Gasteiger partial charge in [-0.05, 0) is 0 Å². The average molecular weight is 242 g/mol. The van der Waals surface area contributed by atoms with Crippen LogP contribution < -0.4 is 0 Å². The largest absolute Gasteiger partial charge is 0.446 e. The molecule has 1 fully saturated rings. The van der Waals surface area contributed by atoms with Crippen LogP contribution >= 0.6 is 0 Å². The lowest BCUT2D eigenvalue weighted by molar-refractivity contribution is -0.395. The minimum atomic E-state index is -5.69. The van der Waals surface area contributed by atoms with Crippen LogP contribution in [0.2, 0.25) is 0 Å². The summed E-state index contributed by atoms with van der Waals surface area (Å²) >= 11 is 0. The molecule has 0 saturated carbocycles. The van der Waals surface area contributed by atoms with Crippen LogP contribution in [0, 0.1) is 0 Å². The minimum absolute atomic E-state index is 0.740. The first kappa shape index (κ1) is 12.5. The minimum Gasteiger partial charge on any atom is -0.338 e. The van der Waals surface area contributed by atoms with Crippen molar-refractivity contribution in [3.8, 4) is 0 Å². The van der Waals surface area contributed by atoms with Gasteiger partial charge in [-0.1, -0.05) is 0 Å². The van der Waals surface area contributed by atoms with Gasteiger partial charge in [-0.25, -0.2) is 4.39 Å². The van der Waals surface area contributed by atoms with Gasteiger partial charge in [0.2, 0.25) is 0 Å². The maximum atomic E-state index is 12.7. The summed E-state index contributed by atoms with van der Waals surface area (Å²) < 4.78 is 92.3. The molecule has 2 nitrogen and oxygen atoms in total. The number of halogens is 7. The van der Waals surface area contributed by atoms with Gasteiger partial charge in [-0.15, -0.1) is 0 Å². The Morgan fingerprint density at radius 2 is 1.33 bits per heavy atom. The SMILES string of the molecule is FC(C(F)(F)F)C1(C(F)(F)F)OCCO1. The van der Waals surface area contributed by atoms with Crippen LogP contribution in [-0.2, 0) is 9.47 Å². The first-order valence-corrected chi connectivity index (χ1v) is 3.67. The number of hydrogen-bond donors (Lipinski definition) is 0.